The summed E-state index contributed by atoms with van der Waals surface area (Å²) in [7, 11) is 0. The first-order valence-corrected chi connectivity index (χ1v) is 12.7. The van der Waals surface area contributed by atoms with Crippen molar-refractivity contribution in [1.82, 2.24) is 9.80 Å². The van der Waals surface area contributed by atoms with Crippen LogP contribution in [0.5, 0.6) is 0 Å². The van der Waals surface area contributed by atoms with Crippen LogP contribution in [0, 0.1) is 17.7 Å². The number of hydrogen-bond acceptors (Lipinski definition) is 3. The molecule has 0 aliphatic carbocycles. The van der Waals surface area contributed by atoms with Crippen molar-refractivity contribution in [3.8, 4) is 0 Å². The van der Waals surface area contributed by atoms with Gasteiger partial charge in [0.25, 0.3) is 5.70 Å². The summed E-state index contributed by atoms with van der Waals surface area (Å²) in [4.78, 5) is 34.5. The lowest BCUT2D eigenvalue weighted by molar-refractivity contribution is -0.315. The van der Waals surface area contributed by atoms with Crippen molar-refractivity contribution >= 4 is 23.4 Å². The molecule has 2 amide bonds. The molecule has 0 saturated carbocycles. The summed E-state index contributed by atoms with van der Waals surface area (Å²) >= 11 is 0. The molecule has 0 spiro atoms. The average molecular weight is 480 g/mol. The summed E-state index contributed by atoms with van der Waals surface area (Å²) in [5.41, 5.74) is 3.21. The minimum Gasteiger partial charge on any atom is -0.336 e. The van der Waals surface area contributed by atoms with Gasteiger partial charge in [-0.1, -0.05) is 34.1 Å². The molecule has 6 nitrogen and oxygen atoms in total. The Hall–Kier alpha value is -3.09. The van der Waals surface area contributed by atoms with E-state index in [0.29, 0.717) is 37.7 Å². The third kappa shape index (κ3) is 5.29. The second-order valence-corrected chi connectivity index (χ2v) is 10.4. The van der Waals surface area contributed by atoms with Crippen LogP contribution in [0.1, 0.15) is 59.4 Å². The zero-order valence-electron chi connectivity index (χ0n) is 21.4. The van der Waals surface area contributed by atoms with Gasteiger partial charge in [-0.25, -0.2) is 4.39 Å². The van der Waals surface area contributed by atoms with Crippen LogP contribution in [0.3, 0.4) is 0 Å². The second-order valence-electron chi connectivity index (χ2n) is 10.4. The molecule has 4 rings (SSSR count). The van der Waals surface area contributed by atoms with Crippen molar-refractivity contribution in [3.05, 3.63) is 59.2 Å². The third-order valence-corrected chi connectivity index (χ3v) is 6.90. The van der Waals surface area contributed by atoms with E-state index < -0.39 is 0 Å². The number of piperazine rings is 1. The number of benzene rings is 1. The van der Waals surface area contributed by atoms with Gasteiger partial charge in [0.2, 0.25) is 5.91 Å². The lowest BCUT2D eigenvalue weighted by atomic mass is 10.0. The number of allylic oxidation sites excluding steroid dienone is 1. The van der Waals surface area contributed by atoms with E-state index in [0.717, 1.165) is 35.5 Å². The molecular formula is C28H36FN4O2+. The Kier molecular flexibility index (Phi) is 7.33. The summed E-state index contributed by atoms with van der Waals surface area (Å²) in [6.45, 7) is 12.1. The van der Waals surface area contributed by atoms with E-state index in [9.17, 15) is 14.0 Å². The molecule has 1 fully saturated rings. The van der Waals surface area contributed by atoms with Crippen LogP contribution < -0.4 is 0 Å². The first-order valence-electron chi connectivity index (χ1n) is 12.7. The van der Waals surface area contributed by atoms with E-state index in [1.165, 1.54) is 12.1 Å². The minimum absolute atomic E-state index is 0.0267. The van der Waals surface area contributed by atoms with E-state index in [1.54, 1.807) is 23.2 Å². The predicted octanol–water partition coefficient (Wildman–Crippen LogP) is 4.36. The number of amidine groups is 1. The molecule has 1 saturated heterocycles. The standard InChI is InChI=1S/C28H36FN4O2/c1-18(2)7-6-8-26(34)32-14-13-31(16-20(32)5)28(35)24-17-33-25(21-9-11-22(29)12-10-21)15-23(19(3)4)27(33)30-24/h9-12,15,17-20H,6-8,13-14,16H2,1-5H3/q+1. The van der Waals surface area contributed by atoms with Crippen LogP contribution in [0.4, 0.5) is 4.39 Å². The number of carbonyl (C=O) groups excluding carboxylic acids is 2. The van der Waals surface area contributed by atoms with Crippen LogP contribution in [0.15, 0.2) is 52.8 Å². The summed E-state index contributed by atoms with van der Waals surface area (Å²) in [5.74, 6) is 1.35. The van der Waals surface area contributed by atoms with E-state index in [2.05, 4.69) is 33.8 Å². The topological polar surface area (TPSA) is 56.0 Å². The van der Waals surface area contributed by atoms with Gasteiger partial charge in [0.05, 0.1) is 5.57 Å². The number of fused-ring (bicyclic) bond motifs is 1. The van der Waals surface area contributed by atoms with Crippen LogP contribution in [0.2, 0.25) is 0 Å². The molecule has 0 radical (unpaired) electrons. The van der Waals surface area contributed by atoms with Crippen LogP contribution in [-0.4, -0.2) is 63.4 Å². The SMILES string of the molecule is CC(C)CCCC(=O)N1CCN(C(=O)C2=C[N+]3=C(c4ccc(F)cc4)C=C(C(C)C)C3=N2)CC1C. The third-order valence-electron chi connectivity index (χ3n) is 6.90. The maximum Gasteiger partial charge on any atom is 0.332 e. The smallest absolute Gasteiger partial charge is 0.332 e. The fraction of sp³-hybridized carbons (Fsp3) is 0.500. The van der Waals surface area contributed by atoms with E-state index in [-0.39, 0.29) is 29.6 Å². The molecule has 0 N–H and O–H groups in total. The van der Waals surface area contributed by atoms with Crippen molar-refractivity contribution < 1.29 is 18.6 Å². The number of amides is 2. The molecule has 1 aromatic carbocycles. The van der Waals surface area contributed by atoms with E-state index >= 15 is 0 Å². The Morgan fingerprint density at radius 2 is 1.86 bits per heavy atom. The molecule has 0 bridgehead atoms. The molecule has 0 aromatic heterocycles. The number of carbonyl (C=O) groups is 2. The summed E-state index contributed by atoms with van der Waals surface area (Å²) in [6.07, 6.45) is 6.38. The van der Waals surface area contributed by atoms with Crippen molar-refractivity contribution in [3.63, 3.8) is 0 Å². The number of aliphatic imine (C=N–C) groups is 1. The first-order chi connectivity index (χ1) is 16.7. The van der Waals surface area contributed by atoms with Crippen molar-refractivity contribution in [2.24, 2.45) is 16.8 Å². The molecular weight excluding hydrogens is 443 g/mol. The van der Waals surface area contributed by atoms with Crippen LogP contribution in [0.25, 0.3) is 0 Å². The molecule has 186 valence electrons. The highest BCUT2D eigenvalue weighted by atomic mass is 19.1. The number of nitrogens with zero attached hydrogens (tertiary/aromatic N) is 4. The van der Waals surface area contributed by atoms with E-state index in [1.807, 2.05) is 16.4 Å². The molecule has 1 atom stereocenters. The number of halogens is 1. The summed E-state index contributed by atoms with van der Waals surface area (Å²) < 4.78 is 15.4. The van der Waals surface area contributed by atoms with Gasteiger partial charge in [-0.3, -0.25) is 9.59 Å². The lowest BCUT2D eigenvalue weighted by Crippen LogP contribution is -2.55. The van der Waals surface area contributed by atoms with Crippen molar-refractivity contribution in [1.29, 1.82) is 0 Å². The predicted molar refractivity (Wildman–Crippen MR) is 136 cm³/mol. The molecule has 1 aromatic rings. The number of hydrogen-bond donors (Lipinski definition) is 0. The van der Waals surface area contributed by atoms with Gasteiger partial charge in [-0.15, -0.1) is 0 Å². The Morgan fingerprint density at radius 3 is 2.49 bits per heavy atom. The Balaban J connectivity index is 1.49. The first kappa shape index (κ1) is 25.0. The van der Waals surface area contributed by atoms with Gasteiger partial charge in [0, 0.05) is 37.7 Å². The quantitative estimate of drug-likeness (QED) is 0.546. The highest BCUT2D eigenvalue weighted by Gasteiger charge is 2.41. The summed E-state index contributed by atoms with van der Waals surface area (Å²) in [5, 5.41) is 0. The molecule has 1 unspecified atom stereocenters. The molecule has 3 aliphatic heterocycles. The maximum atomic E-state index is 13.5. The zero-order chi connectivity index (χ0) is 25.3. The average Bonchev–Trinajstić information content (AvgIpc) is 3.38. The zero-order valence-corrected chi connectivity index (χ0v) is 21.4. The monoisotopic (exact) mass is 479 g/mol. The number of rotatable bonds is 7. The summed E-state index contributed by atoms with van der Waals surface area (Å²) in [6, 6.07) is 6.35. The lowest BCUT2D eigenvalue weighted by Gasteiger charge is -2.39. The highest BCUT2D eigenvalue weighted by Crippen LogP contribution is 2.28. The van der Waals surface area contributed by atoms with Gasteiger partial charge in [0.15, 0.2) is 6.20 Å². The Bertz CT molecular complexity index is 1130. The van der Waals surface area contributed by atoms with Gasteiger partial charge in [-0.2, -0.15) is 4.58 Å². The van der Waals surface area contributed by atoms with Gasteiger partial charge >= 0.3 is 11.7 Å². The van der Waals surface area contributed by atoms with E-state index in [4.69, 9.17) is 4.99 Å². The van der Waals surface area contributed by atoms with Gasteiger partial charge in [-0.05, 0) is 60.5 Å². The van der Waals surface area contributed by atoms with Crippen LogP contribution >= 0.6 is 0 Å². The van der Waals surface area contributed by atoms with Crippen molar-refractivity contribution in [2.75, 3.05) is 19.6 Å². The normalized spacial score (nSPS) is 19.9. The molecule has 3 aliphatic rings. The largest absolute Gasteiger partial charge is 0.336 e. The Labute approximate surface area is 207 Å². The molecule has 3 heterocycles. The second kappa shape index (κ2) is 10.3. The minimum atomic E-state index is -0.284. The maximum absolute atomic E-state index is 13.5. The Morgan fingerprint density at radius 1 is 1.14 bits per heavy atom. The highest BCUT2D eigenvalue weighted by molar-refractivity contribution is 6.18. The fourth-order valence-corrected chi connectivity index (χ4v) is 4.90. The van der Waals surface area contributed by atoms with Gasteiger partial charge < -0.3 is 9.80 Å². The van der Waals surface area contributed by atoms with Gasteiger partial charge in [0.1, 0.15) is 11.5 Å². The fourth-order valence-electron chi connectivity index (χ4n) is 4.90. The molecule has 35 heavy (non-hydrogen) atoms. The molecule has 7 heteroatoms. The van der Waals surface area contributed by atoms with Crippen molar-refractivity contribution in [2.45, 2.75) is 59.9 Å². The van der Waals surface area contributed by atoms with Crippen LogP contribution in [-0.2, 0) is 9.59 Å².